The molecule has 0 saturated carbocycles. The zero-order valence-corrected chi connectivity index (χ0v) is 8.66. The fraction of sp³-hybridized carbons (Fsp3) is 0.273. The number of amides is 1. The van der Waals surface area contributed by atoms with E-state index in [0.717, 1.165) is 11.3 Å². The molecule has 1 aromatic rings. The Labute approximate surface area is 83.9 Å². The van der Waals surface area contributed by atoms with Crippen LogP contribution in [0.2, 0.25) is 0 Å². The van der Waals surface area contributed by atoms with Crippen molar-refractivity contribution in [2.24, 2.45) is 0 Å². The van der Waals surface area contributed by atoms with Gasteiger partial charge in [0.05, 0.1) is 11.3 Å². The van der Waals surface area contributed by atoms with Crippen LogP contribution in [0, 0.1) is 6.92 Å². The monoisotopic (exact) mass is 190 g/mol. The number of nitrogens with one attached hydrogen (secondary N) is 1. The Morgan fingerprint density at radius 2 is 2.29 bits per heavy atom. The molecule has 0 fully saturated rings. The minimum absolute atomic E-state index is 0.103. The van der Waals surface area contributed by atoms with Gasteiger partial charge in [-0.3, -0.25) is 9.78 Å². The second-order valence-corrected chi connectivity index (χ2v) is 2.95. The molecule has 1 N–H and O–H groups in total. The molecule has 0 spiro atoms. The summed E-state index contributed by atoms with van der Waals surface area (Å²) in [7, 11) is 1.62. The highest BCUT2D eigenvalue weighted by Crippen LogP contribution is 2.15. The van der Waals surface area contributed by atoms with Gasteiger partial charge in [-0.15, -0.1) is 0 Å². The van der Waals surface area contributed by atoms with Gasteiger partial charge in [0, 0.05) is 13.2 Å². The lowest BCUT2D eigenvalue weighted by Crippen LogP contribution is -2.20. The van der Waals surface area contributed by atoms with Crippen LogP contribution in [0.25, 0.3) is 5.57 Å². The van der Waals surface area contributed by atoms with Crippen LogP contribution >= 0.6 is 0 Å². The lowest BCUT2D eigenvalue weighted by molar-refractivity contribution is -0.115. The van der Waals surface area contributed by atoms with Gasteiger partial charge in [-0.2, -0.15) is 0 Å². The first kappa shape index (κ1) is 10.4. The maximum Gasteiger partial charge on any atom is 0.252 e. The second-order valence-electron chi connectivity index (χ2n) is 2.95. The number of aromatic nitrogens is 1. The maximum atomic E-state index is 11.5. The van der Waals surface area contributed by atoms with Gasteiger partial charge in [-0.05, 0) is 25.5 Å². The Bertz CT molecular complexity index is 369. The van der Waals surface area contributed by atoms with Crippen LogP contribution in [0.1, 0.15) is 18.2 Å². The molecule has 0 aliphatic heterocycles. The summed E-state index contributed by atoms with van der Waals surface area (Å²) < 4.78 is 0. The fourth-order valence-electron chi connectivity index (χ4n) is 1.28. The maximum absolute atomic E-state index is 11.5. The van der Waals surface area contributed by atoms with E-state index in [9.17, 15) is 4.79 Å². The Morgan fingerprint density at radius 1 is 1.57 bits per heavy atom. The van der Waals surface area contributed by atoms with Crippen LogP contribution in [0.4, 0.5) is 0 Å². The average molecular weight is 190 g/mol. The molecule has 0 unspecified atom stereocenters. The van der Waals surface area contributed by atoms with Crippen molar-refractivity contribution in [2.75, 3.05) is 7.05 Å². The van der Waals surface area contributed by atoms with Crippen molar-refractivity contribution in [3.8, 4) is 0 Å². The van der Waals surface area contributed by atoms with Crippen LogP contribution in [0.3, 0.4) is 0 Å². The van der Waals surface area contributed by atoms with E-state index in [1.54, 1.807) is 19.3 Å². The van der Waals surface area contributed by atoms with Crippen molar-refractivity contribution in [3.05, 3.63) is 35.7 Å². The van der Waals surface area contributed by atoms with E-state index in [2.05, 4.69) is 10.3 Å². The molecule has 0 bridgehead atoms. The lowest BCUT2D eigenvalue weighted by atomic mass is 10.1. The minimum Gasteiger partial charge on any atom is -0.355 e. The third-order valence-electron chi connectivity index (χ3n) is 2.02. The Balaban J connectivity index is 3.15. The summed E-state index contributed by atoms with van der Waals surface area (Å²) in [5.41, 5.74) is 2.36. The number of hydrogen-bond acceptors (Lipinski definition) is 2. The van der Waals surface area contributed by atoms with Crippen molar-refractivity contribution in [1.29, 1.82) is 0 Å². The van der Waals surface area contributed by atoms with Gasteiger partial charge in [0.2, 0.25) is 0 Å². The van der Waals surface area contributed by atoms with Crippen molar-refractivity contribution < 1.29 is 4.79 Å². The molecule has 0 aromatic carbocycles. The number of nitrogens with zero attached hydrogens (tertiary/aromatic N) is 1. The third-order valence-corrected chi connectivity index (χ3v) is 2.02. The van der Waals surface area contributed by atoms with Crippen LogP contribution < -0.4 is 5.32 Å². The SMILES string of the molecule is C/C=C(/C(=O)NC)c1ncccc1C. The van der Waals surface area contributed by atoms with Crippen LogP contribution in [-0.4, -0.2) is 17.9 Å². The number of allylic oxidation sites excluding steroid dienone is 1. The molecule has 0 atom stereocenters. The first-order chi connectivity index (χ1) is 6.70. The highest BCUT2D eigenvalue weighted by Gasteiger charge is 2.11. The predicted molar refractivity (Wildman–Crippen MR) is 56.7 cm³/mol. The molecule has 1 heterocycles. The zero-order valence-electron chi connectivity index (χ0n) is 8.66. The summed E-state index contributed by atoms with van der Waals surface area (Å²) in [6.07, 6.45) is 3.46. The number of carbonyl (C=O) groups excluding carboxylic acids is 1. The molecule has 0 radical (unpaired) electrons. The Morgan fingerprint density at radius 3 is 2.79 bits per heavy atom. The van der Waals surface area contributed by atoms with Crippen LogP contribution in [-0.2, 0) is 4.79 Å². The third kappa shape index (κ3) is 1.99. The lowest BCUT2D eigenvalue weighted by Gasteiger charge is -2.07. The summed E-state index contributed by atoms with van der Waals surface area (Å²) in [5.74, 6) is -0.103. The van der Waals surface area contributed by atoms with E-state index in [1.165, 1.54) is 0 Å². The molecule has 0 aliphatic carbocycles. The molecular weight excluding hydrogens is 176 g/mol. The van der Waals surface area contributed by atoms with Gasteiger partial charge >= 0.3 is 0 Å². The number of hydrogen-bond donors (Lipinski definition) is 1. The fourth-order valence-corrected chi connectivity index (χ4v) is 1.28. The van der Waals surface area contributed by atoms with Crippen molar-refractivity contribution in [2.45, 2.75) is 13.8 Å². The largest absolute Gasteiger partial charge is 0.355 e. The van der Waals surface area contributed by atoms with E-state index < -0.39 is 0 Å². The number of aryl methyl sites for hydroxylation is 1. The summed E-state index contributed by atoms with van der Waals surface area (Å²) in [6, 6.07) is 3.80. The quantitative estimate of drug-likeness (QED) is 0.719. The van der Waals surface area contributed by atoms with Gasteiger partial charge in [0.15, 0.2) is 0 Å². The number of likely N-dealkylation sites (N-methyl/N-ethyl adjacent to an activating group) is 1. The topological polar surface area (TPSA) is 42.0 Å². The van der Waals surface area contributed by atoms with Gasteiger partial charge in [-0.25, -0.2) is 0 Å². The molecule has 1 rings (SSSR count). The van der Waals surface area contributed by atoms with Crippen LogP contribution in [0.5, 0.6) is 0 Å². The highest BCUT2D eigenvalue weighted by atomic mass is 16.1. The summed E-state index contributed by atoms with van der Waals surface area (Å²) >= 11 is 0. The van der Waals surface area contributed by atoms with Gasteiger partial charge < -0.3 is 5.32 Å². The average Bonchev–Trinajstić information content (AvgIpc) is 2.21. The first-order valence-electron chi connectivity index (χ1n) is 4.51. The minimum atomic E-state index is -0.103. The van der Waals surface area contributed by atoms with E-state index in [0.29, 0.717) is 5.57 Å². The van der Waals surface area contributed by atoms with Crippen molar-refractivity contribution in [3.63, 3.8) is 0 Å². The highest BCUT2D eigenvalue weighted by molar-refractivity contribution is 6.19. The summed E-state index contributed by atoms with van der Waals surface area (Å²) in [4.78, 5) is 15.7. The molecule has 1 aromatic heterocycles. The second kappa shape index (κ2) is 4.56. The van der Waals surface area contributed by atoms with Crippen molar-refractivity contribution in [1.82, 2.24) is 10.3 Å². The van der Waals surface area contributed by atoms with Gasteiger partial charge in [0.1, 0.15) is 0 Å². The summed E-state index contributed by atoms with van der Waals surface area (Å²) in [5, 5.41) is 2.59. The molecule has 3 heteroatoms. The van der Waals surface area contributed by atoms with E-state index in [4.69, 9.17) is 0 Å². The number of rotatable bonds is 2. The predicted octanol–water partition coefficient (Wildman–Crippen LogP) is 1.54. The Kier molecular flexibility index (Phi) is 3.40. The van der Waals surface area contributed by atoms with E-state index in [1.807, 2.05) is 26.0 Å². The normalized spacial score (nSPS) is 11.2. The summed E-state index contributed by atoms with van der Waals surface area (Å²) in [6.45, 7) is 3.77. The number of carbonyl (C=O) groups is 1. The Hall–Kier alpha value is -1.64. The first-order valence-corrected chi connectivity index (χ1v) is 4.51. The smallest absolute Gasteiger partial charge is 0.252 e. The van der Waals surface area contributed by atoms with Crippen molar-refractivity contribution >= 4 is 11.5 Å². The standard InChI is InChI=1S/C11H14N2O/c1-4-9(11(14)12-3)10-8(2)6-5-7-13-10/h4-7H,1-3H3,(H,12,14)/b9-4+. The van der Waals surface area contributed by atoms with Gasteiger partial charge in [-0.1, -0.05) is 12.1 Å². The molecule has 1 amide bonds. The molecule has 3 nitrogen and oxygen atoms in total. The molecule has 14 heavy (non-hydrogen) atoms. The van der Waals surface area contributed by atoms with E-state index in [-0.39, 0.29) is 5.91 Å². The zero-order chi connectivity index (χ0) is 10.6. The molecule has 0 saturated heterocycles. The number of pyridine rings is 1. The molecular formula is C11H14N2O. The molecule has 74 valence electrons. The van der Waals surface area contributed by atoms with Crippen LogP contribution in [0.15, 0.2) is 24.4 Å². The molecule has 0 aliphatic rings. The van der Waals surface area contributed by atoms with E-state index >= 15 is 0 Å². The van der Waals surface area contributed by atoms with Gasteiger partial charge in [0.25, 0.3) is 5.91 Å².